The Morgan fingerprint density at radius 1 is 1.00 bits per heavy atom. The Hall–Kier alpha value is -1.80. The maximum Gasteiger partial charge on any atom is 0.130 e. The van der Waals surface area contributed by atoms with E-state index >= 15 is 0 Å². The van der Waals surface area contributed by atoms with Crippen LogP contribution in [-0.4, -0.2) is 6.54 Å². The number of rotatable bonds is 6. The highest BCUT2D eigenvalue weighted by Crippen LogP contribution is 2.24. The zero-order valence-electron chi connectivity index (χ0n) is 11.6. The number of nitrogens with one attached hydrogen (secondary N) is 1. The maximum atomic E-state index is 5.87. The Morgan fingerprint density at radius 2 is 1.74 bits per heavy atom. The molecule has 0 aliphatic rings. The second-order valence-electron chi connectivity index (χ2n) is 4.69. The van der Waals surface area contributed by atoms with Crippen molar-refractivity contribution >= 4 is 0 Å². The van der Waals surface area contributed by atoms with Gasteiger partial charge in [0.1, 0.15) is 11.5 Å². The van der Waals surface area contributed by atoms with E-state index in [1.54, 1.807) is 0 Å². The first-order chi connectivity index (χ1) is 9.29. The molecule has 0 heterocycles. The number of hydrogen-bond donors (Lipinski definition) is 1. The highest BCUT2D eigenvalue weighted by molar-refractivity contribution is 5.37. The minimum atomic E-state index is 0.883. The van der Waals surface area contributed by atoms with E-state index in [-0.39, 0.29) is 0 Å². The fourth-order valence-corrected chi connectivity index (χ4v) is 1.88. The van der Waals surface area contributed by atoms with Gasteiger partial charge in [0.05, 0.1) is 0 Å². The van der Waals surface area contributed by atoms with E-state index in [0.29, 0.717) is 0 Å². The Kier molecular flexibility index (Phi) is 4.99. The van der Waals surface area contributed by atoms with Crippen LogP contribution in [0.4, 0.5) is 0 Å². The van der Waals surface area contributed by atoms with E-state index in [2.05, 4.69) is 37.4 Å². The lowest BCUT2D eigenvalue weighted by Gasteiger charge is -2.09. The Labute approximate surface area is 115 Å². The Balaban J connectivity index is 1.97. The monoisotopic (exact) mass is 255 g/mol. The van der Waals surface area contributed by atoms with Crippen molar-refractivity contribution in [2.24, 2.45) is 0 Å². The second kappa shape index (κ2) is 6.95. The van der Waals surface area contributed by atoms with Crippen LogP contribution >= 0.6 is 0 Å². The Bertz CT molecular complexity index is 505. The van der Waals surface area contributed by atoms with Crippen LogP contribution < -0.4 is 10.1 Å². The van der Waals surface area contributed by atoms with Gasteiger partial charge < -0.3 is 10.1 Å². The molecule has 0 aliphatic heterocycles. The molecule has 0 unspecified atom stereocenters. The lowest BCUT2D eigenvalue weighted by Crippen LogP contribution is -2.13. The maximum absolute atomic E-state index is 5.87. The van der Waals surface area contributed by atoms with E-state index in [4.69, 9.17) is 4.74 Å². The Morgan fingerprint density at radius 3 is 2.42 bits per heavy atom. The summed E-state index contributed by atoms with van der Waals surface area (Å²) in [5.74, 6) is 1.80. The lowest BCUT2D eigenvalue weighted by atomic mass is 10.2. The quantitative estimate of drug-likeness (QED) is 0.778. The van der Waals surface area contributed by atoms with E-state index < -0.39 is 0 Å². The van der Waals surface area contributed by atoms with E-state index in [0.717, 1.165) is 36.6 Å². The van der Waals surface area contributed by atoms with Crippen molar-refractivity contribution in [2.45, 2.75) is 26.8 Å². The molecule has 100 valence electrons. The fourth-order valence-electron chi connectivity index (χ4n) is 1.88. The highest BCUT2D eigenvalue weighted by Gasteiger charge is 2.00. The van der Waals surface area contributed by atoms with Crippen molar-refractivity contribution in [3.63, 3.8) is 0 Å². The third kappa shape index (κ3) is 4.11. The molecule has 0 aliphatic carbocycles. The minimum Gasteiger partial charge on any atom is -0.457 e. The van der Waals surface area contributed by atoms with Crippen LogP contribution in [0, 0.1) is 6.92 Å². The summed E-state index contributed by atoms with van der Waals surface area (Å²) in [4.78, 5) is 0. The topological polar surface area (TPSA) is 21.3 Å². The van der Waals surface area contributed by atoms with Crippen molar-refractivity contribution in [1.82, 2.24) is 5.32 Å². The zero-order chi connectivity index (χ0) is 13.5. The number of para-hydroxylation sites is 1. The summed E-state index contributed by atoms with van der Waals surface area (Å²) in [7, 11) is 0. The molecule has 2 heteroatoms. The minimum absolute atomic E-state index is 0.883. The van der Waals surface area contributed by atoms with Crippen LogP contribution in [0.2, 0.25) is 0 Å². The first kappa shape index (κ1) is 13.6. The molecule has 1 N–H and O–H groups in total. The summed E-state index contributed by atoms with van der Waals surface area (Å²) >= 11 is 0. The van der Waals surface area contributed by atoms with Gasteiger partial charge in [0.2, 0.25) is 0 Å². The van der Waals surface area contributed by atoms with Crippen LogP contribution in [0.25, 0.3) is 0 Å². The predicted molar refractivity (Wildman–Crippen MR) is 79.7 cm³/mol. The van der Waals surface area contributed by atoms with E-state index in [1.165, 1.54) is 5.56 Å². The van der Waals surface area contributed by atoms with Crippen LogP contribution in [0.1, 0.15) is 24.5 Å². The van der Waals surface area contributed by atoms with Gasteiger partial charge in [-0.15, -0.1) is 0 Å². The largest absolute Gasteiger partial charge is 0.457 e. The molecule has 2 aromatic rings. The third-order valence-corrected chi connectivity index (χ3v) is 3.00. The van der Waals surface area contributed by atoms with Crippen molar-refractivity contribution in [3.05, 3.63) is 59.7 Å². The lowest BCUT2D eigenvalue weighted by molar-refractivity contribution is 0.478. The number of ether oxygens (including phenoxy) is 1. The van der Waals surface area contributed by atoms with Crippen LogP contribution in [0.15, 0.2) is 48.5 Å². The molecule has 0 saturated carbocycles. The average Bonchev–Trinajstić information content (AvgIpc) is 2.44. The van der Waals surface area contributed by atoms with Crippen molar-refractivity contribution in [2.75, 3.05) is 6.54 Å². The molecule has 2 rings (SSSR count). The summed E-state index contributed by atoms with van der Waals surface area (Å²) in [6.45, 7) is 6.20. The van der Waals surface area contributed by atoms with Gasteiger partial charge in [-0.25, -0.2) is 0 Å². The molecule has 0 bridgehead atoms. The molecule has 0 aromatic heterocycles. The van der Waals surface area contributed by atoms with Crippen molar-refractivity contribution < 1.29 is 4.74 Å². The summed E-state index contributed by atoms with van der Waals surface area (Å²) < 4.78 is 5.87. The molecule has 2 nitrogen and oxygen atoms in total. The van der Waals surface area contributed by atoms with Gasteiger partial charge in [-0.3, -0.25) is 0 Å². The zero-order valence-corrected chi connectivity index (χ0v) is 11.6. The molecule has 0 saturated heterocycles. The van der Waals surface area contributed by atoms with Gasteiger partial charge >= 0.3 is 0 Å². The second-order valence-corrected chi connectivity index (χ2v) is 4.69. The van der Waals surface area contributed by atoms with E-state index in [9.17, 15) is 0 Å². The molecular formula is C17H21NO. The number of aryl methyl sites for hydroxylation is 1. The van der Waals surface area contributed by atoms with Gasteiger partial charge in [0, 0.05) is 6.54 Å². The number of hydrogen-bond acceptors (Lipinski definition) is 2. The van der Waals surface area contributed by atoms with Crippen LogP contribution in [0.3, 0.4) is 0 Å². The molecule has 19 heavy (non-hydrogen) atoms. The van der Waals surface area contributed by atoms with Gasteiger partial charge in [-0.05, 0) is 49.2 Å². The van der Waals surface area contributed by atoms with Gasteiger partial charge in [0.15, 0.2) is 0 Å². The molecule has 0 atom stereocenters. The van der Waals surface area contributed by atoms with Gasteiger partial charge in [-0.2, -0.15) is 0 Å². The van der Waals surface area contributed by atoms with Crippen LogP contribution in [0.5, 0.6) is 11.5 Å². The van der Waals surface area contributed by atoms with Crippen LogP contribution in [-0.2, 0) is 6.54 Å². The van der Waals surface area contributed by atoms with Crippen molar-refractivity contribution in [3.8, 4) is 11.5 Å². The third-order valence-electron chi connectivity index (χ3n) is 3.00. The molecule has 0 fully saturated rings. The average molecular weight is 255 g/mol. The first-order valence-corrected chi connectivity index (χ1v) is 6.82. The fraction of sp³-hybridized carbons (Fsp3) is 0.294. The van der Waals surface area contributed by atoms with Gasteiger partial charge in [-0.1, -0.05) is 37.3 Å². The highest BCUT2D eigenvalue weighted by atomic mass is 16.5. The standard InChI is InChI=1S/C17H21NO/c1-3-12-18-13-15-8-10-16(11-9-15)19-17-7-5-4-6-14(17)2/h4-11,18H,3,12-13H2,1-2H3. The van der Waals surface area contributed by atoms with Gasteiger partial charge in [0.25, 0.3) is 0 Å². The summed E-state index contributed by atoms with van der Waals surface area (Å²) in [5.41, 5.74) is 2.43. The van der Waals surface area contributed by atoms with Crippen molar-refractivity contribution in [1.29, 1.82) is 0 Å². The first-order valence-electron chi connectivity index (χ1n) is 6.82. The summed E-state index contributed by atoms with van der Waals surface area (Å²) in [6.07, 6.45) is 1.16. The summed E-state index contributed by atoms with van der Waals surface area (Å²) in [5, 5.41) is 3.39. The smallest absolute Gasteiger partial charge is 0.130 e. The predicted octanol–water partition coefficient (Wildman–Crippen LogP) is 4.29. The number of benzene rings is 2. The molecule has 2 aromatic carbocycles. The molecule has 0 amide bonds. The van der Waals surface area contributed by atoms with E-state index in [1.807, 2.05) is 30.3 Å². The summed E-state index contributed by atoms with van der Waals surface area (Å²) in [6, 6.07) is 16.3. The molecule has 0 spiro atoms. The molecular weight excluding hydrogens is 234 g/mol. The normalized spacial score (nSPS) is 10.4. The molecule has 0 radical (unpaired) electrons. The SMILES string of the molecule is CCCNCc1ccc(Oc2ccccc2C)cc1.